The van der Waals surface area contributed by atoms with Gasteiger partial charge in [0, 0.05) is 13.1 Å². The van der Waals surface area contributed by atoms with E-state index in [1.54, 1.807) is 6.07 Å². The predicted molar refractivity (Wildman–Crippen MR) is 117 cm³/mol. The third-order valence-corrected chi connectivity index (χ3v) is 4.88. The lowest BCUT2D eigenvalue weighted by Gasteiger charge is -2.20. The van der Waals surface area contributed by atoms with Gasteiger partial charge in [0.25, 0.3) is 0 Å². The van der Waals surface area contributed by atoms with Crippen molar-refractivity contribution in [2.45, 2.75) is 78.1 Å². The highest BCUT2D eigenvalue weighted by atomic mass is 16.6. The standard InChI is InChI=1S/C20H33N5O4/c1-3-5-7-9-11-16-23(21-26)18-14-13-15-19(20(18)25(28)29)24(22-27)17-12-10-8-6-4-2/h13-15H,3-12,16-17H2,1-2H3. The number of nitroso groups, excluding NO2 is 2. The van der Waals surface area contributed by atoms with E-state index >= 15 is 0 Å². The molecule has 0 aromatic heterocycles. The molecule has 9 heteroatoms. The maximum Gasteiger partial charge on any atom is 0.319 e. The van der Waals surface area contributed by atoms with E-state index < -0.39 is 4.92 Å². The average molecular weight is 408 g/mol. The maximum atomic E-state index is 11.8. The number of rotatable bonds is 17. The Kier molecular flexibility index (Phi) is 12.2. The topological polar surface area (TPSA) is 108 Å². The number of nitrogens with zero attached hydrogens (tertiary/aromatic N) is 5. The molecule has 0 fully saturated rings. The van der Waals surface area contributed by atoms with Gasteiger partial charge in [0.05, 0.1) is 15.5 Å². The molecule has 0 unspecified atom stereocenters. The molecule has 0 bridgehead atoms. The number of nitro benzene ring substituents is 1. The van der Waals surface area contributed by atoms with Gasteiger partial charge in [-0.05, 0) is 25.0 Å². The van der Waals surface area contributed by atoms with Crippen LogP contribution in [0.15, 0.2) is 28.8 Å². The minimum Gasteiger partial charge on any atom is -0.258 e. The van der Waals surface area contributed by atoms with Crippen molar-refractivity contribution in [2.75, 3.05) is 23.1 Å². The van der Waals surface area contributed by atoms with Gasteiger partial charge in [-0.1, -0.05) is 71.3 Å². The Bertz CT molecular complexity index is 597. The lowest BCUT2D eigenvalue weighted by molar-refractivity contribution is -0.383. The minimum absolute atomic E-state index is 0.0950. The highest BCUT2D eigenvalue weighted by Crippen LogP contribution is 2.38. The van der Waals surface area contributed by atoms with Crippen molar-refractivity contribution in [3.8, 4) is 0 Å². The van der Waals surface area contributed by atoms with Gasteiger partial charge in [0.15, 0.2) is 0 Å². The Morgan fingerprint density at radius 2 is 1.21 bits per heavy atom. The first-order chi connectivity index (χ1) is 14.1. The molecule has 0 atom stereocenters. The van der Waals surface area contributed by atoms with Crippen LogP contribution in [0.5, 0.6) is 0 Å². The quantitative estimate of drug-likeness (QED) is 0.126. The van der Waals surface area contributed by atoms with E-state index in [0.717, 1.165) is 61.4 Å². The zero-order valence-corrected chi connectivity index (χ0v) is 17.6. The van der Waals surface area contributed by atoms with Crippen molar-refractivity contribution in [3.63, 3.8) is 0 Å². The summed E-state index contributed by atoms with van der Waals surface area (Å²) < 4.78 is 0. The maximum absolute atomic E-state index is 11.8. The van der Waals surface area contributed by atoms with Crippen LogP contribution in [0.1, 0.15) is 78.1 Å². The Labute approximate surface area is 172 Å². The molecule has 1 aromatic carbocycles. The van der Waals surface area contributed by atoms with Crippen molar-refractivity contribution >= 4 is 17.1 Å². The van der Waals surface area contributed by atoms with E-state index in [4.69, 9.17) is 0 Å². The molecule has 1 rings (SSSR count). The van der Waals surface area contributed by atoms with E-state index in [1.165, 1.54) is 12.1 Å². The van der Waals surface area contributed by atoms with Gasteiger partial charge in [0.1, 0.15) is 11.4 Å². The number of unbranched alkanes of at least 4 members (excludes halogenated alkanes) is 8. The summed E-state index contributed by atoms with van der Waals surface area (Å²) in [6, 6.07) is 4.56. The molecule has 0 N–H and O–H groups in total. The zero-order chi connectivity index (χ0) is 21.5. The smallest absolute Gasteiger partial charge is 0.258 e. The molecular weight excluding hydrogens is 374 g/mol. The van der Waals surface area contributed by atoms with Gasteiger partial charge in [-0.25, -0.2) is 10.0 Å². The second kappa shape index (κ2) is 14.4. The van der Waals surface area contributed by atoms with Gasteiger partial charge in [-0.2, -0.15) is 0 Å². The van der Waals surface area contributed by atoms with Crippen molar-refractivity contribution in [1.82, 2.24) is 0 Å². The van der Waals surface area contributed by atoms with Crippen molar-refractivity contribution in [1.29, 1.82) is 0 Å². The van der Waals surface area contributed by atoms with Gasteiger partial charge in [-0.3, -0.25) is 10.1 Å². The van der Waals surface area contributed by atoms with Crippen molar-refractivity contribution < 1.29 is 4.92 Å². The Balaban J connectivity index is 2.97. The van der Waals surface area contributed by atoms with Crippen LogP contribution >= 0.6 is 0 Å². The number of benzene rings is 1. The molecule has 0 spiro atoms. The summed E-state index contributed by atoms with van der Waals surface area (Å²) in [5, 5.41) is 20.0. The molecule has 0 heterocycles. The van der Waals surface area contributed by atoms with Crippen LogP contribution < -0.4 is 10.0 Å². The summed E-state index contributed by atoms with van der Waals surface area (Å²) in [6.07, 6.45) is 9.80. The van der Waals surface area contributed by atoms with E-state index in [-0.39, 0.29) is 17.1 Å². The molecule has 0 radical (unpaired) electrons. The molecule has 1 aromatic rings. The number of anilines is 2. The third-order valence-electron chi connectivity index (χ3n) is 4.88. The minimum atomic E-state index is -0.574. The summed E-state index contributed by atoms with van der Waals surface area (Å²) in [6.45, 7) is 4.82. The molecule has 0 aliphatic carbocycles. The van der Waals surface area contributed by atoms with Crippen LogP contribution in [-0.2, 0) is 0 Å². The van der Waals surface area contributed by atoms with Gasteiger partial charge >= 0.3 is 5.69 Å². The SMILES string of the molecule is CCCCCCCN(N=O)c1cccc(N(CCCCCCC)N=O)c1[N+](=O)[O-]. The molecule has 0 amide bonds. The van der Waals surface area contributed by atoms with Crippen LogP contribution in [0.3, 0.4) is 0 Å². The number of hydrogen-bond acceptors (Lipinski definition) is 6. The van der Waals surface area contributed by atoms with Crippen molar-refractivity contribution in [2.24, 2.45) is 10.6 Å². The van der Waals surface area contributed by atoms with E-state index in [9.17, 15) is 19.9 Å². The number of para-hydroxylation sites is 1. The van der Waals surface area contributed by atoms with Crippen LogP contribution in [0, 0.1) is 19.9 Å². The molecule has 0 saturated heterocycles. The fourth-order valence-electron chi connectivity index (χ4n) is 3.26. The van der Waals surface area contributed by atoms with E-state index in [0.29, 0.717) is 25.9 Å². The molecule has 0 aliphatic rings. The summed E-state index contributed by atoms with van der Waals surface area (Å²) in [5.41, 5.74) is -0.121. The van der Waals surface area contributed by atoms with Gasteiger partial charge < -0.3 is 0 Å². The second-order valence-corrected chi connectivity index (χ2v) is 7.14. The summed E-state index contributed by atoms with van der Waals surface area (Å²) in [4.78, 5) is 34.0. The van der Waals surface area contributed by atoms with Crippen LogP contribution in [-0.4, -0.2) is 18.0 Å². The molecule has 162 valence electrons. The highest BCUT2D eigenvalue weighted by Gasteiger charge is 2.28. The lowest BCUT2D eigenvalue weighted by Crippen LogP contribution is -2.22. The Morgan fingerprint density at radius 1 is 0.793 bits per heavy atom. The fourth-order valence-corrected chi connectivity index (χ4v) is 3.26. The second-order valence-electron chi connectivity index (χ2n) is 7.14. The normalized spacial score (nSPS) is 10.6. The molecule has 0 aliphatic heterocycles. The van der Waals surface area contributed by atoms with Crippen LogP contribution in [0.25, 0.3) is 0 Å². The summed E-state index contributed by atoms with van der Waals surface area (Å²) in [7, 11) is 0. The average Bonchev–Trinajstić information content (AvgIpc) is 2.73. The molecule has 9 nitrogen and oxygen atoms in total. The first-order valence-corrected chi connectivity index (χ1v) is 10.6. The monoisotopic (exact) mass is 407 g/mol. The number of nitro groups is 1. The predicted octanol–water partition coefficient (Wildman–Crippen LogP) is 6.51. The summed E-state index contributed by atoms with van der Waals surface area (Å²) in [5.74, 6) is 0. The first-order valence-electron chi connectivity index (χ1n) is 10.6. The summed E-state index contributed by atoms with van der Waals surface area (Å²) >= 11 is 0. The third kappa shape index (κ3) is 8.13. The van der Waals surface area contributed by atoms with E-state index in [1.807, 2.05) is 0 Å². The van der Waals surface area contributed by atoms with Gasteiger partial charge in [-0.15, -0.1) is 9.81 Å². The molecule has 29 heavy (non-hydrogen) atoms. The largest absolute Gasteiger partial charge is 0.319 e. The van der Waals surface area contributed by atoms with Crippen LogP contribution in [0.2, 0.25) is 0 Å². The van der Waals surface area contributed by atoms with Crippen molar-refractivity contribution in [3.05, 3.63) is 38.1 Å². The fraction of sp³-hybridized carbons (Fsp3) is 0.700. The lowest BCUT2D eigenvalue weighted by atomic mass is 10.1. The number of hydrogen-bond donors (Lipinski definition) is 0. The van der Waals surface area contributed by atoms with E-state index in [2.05, 4.69) is 24.4 Å². The van der Waals surface area contributed by atoms with Crippen LogP contribution in [0.4, 0.5) is 17.1 Å². The molecular formula is C20H33N5O4. The zero-order valence-electron chi connectivity index (χ0n) is 17.6. The Hall–Kier alpha value is -2.58. The Morgan fingerprint density at radius 3 is 1.55 bits per heavy atom. The van der Waals surface area contributed by atoms with Gasteiger partial charge in [0.2, 0.25) is 0 Å². The molecule has 0 saturated carbocycles. The highest BCUT2D eigenvalue weighted by molar-refractivity contribution is 5.77. The first kappa shape index (κ1) is 24.5.